The summed E-state index contributed by atoms with van der Waals surface area (Å²) >= 11 is 0. The van der Waals surface area contributed by atoms with Gasteiger partial charge in [0, 0.05) is 67.7 Å². The number of hydrogen-bond donors (Lipinski definition) is 0. The van der Waals surface area contributed by atoms with Crippen molar-refractivity contribution < 1.29 is 4.42 Å². The second-order valence-corrected chi connectivity index (χ2v) is 18.2. The number of nitrogens with zero attached hydrogens (tertiary/aromatic N) is 3. The SMILES string of the molecule is c1ccc(-c2ccc(N(c3cc(-c4ccc(N(c5ccccc5)c5ccc6c(c5)oc5ccccc56)c5ccccc45)cc(N(c4ccccc4)c4ccccc4)c3)c3ccc4ccccc4c3)cc2)cc1. The average Bonchev–Trinajstić information content (AvgIpc) is 3.83. The van der Waals surface area contributed by atoms with Crippen LogP contribution in [-0.2, 0) is 0 Å². The number of benzene rings is 12. The molecule has 0 aliphatic carbocycles. The summed E-state index contributed by atoms with van der Waals surface area (Å²) in [7, 11) is 0. The Bertz CT molecular complexity index is 4000. The van der Waals surface area contributed by atoms with E-state index in [-0.39, 0.29) is 0 Å². The molecule has 0 aliphatic heterocycles. The predicted octanol–water partition coefficient (Wildman–Crippen LogP) is 19.6. The minimum absolute atomic E-state index is 0.854. The molecule has 0 saturated carbocycles. The van der Waals surface area contributed by atoms with E-state index in [0.29, 0.717) is 0 Å². The molecule has 72 heavy (non-hydrogen) atoms. The van der Waals surface area contributed by atoms with Crippen molar-refractivity contribution >= 4 is 94.7 Å². The molecule has 13 aromatic rings. The van der Waals surface area contributed by atoms with Crippen molar-refractivity contribution in [2.24, 2.45) is 0 Å². The van der Waals surface area contributed by atoms with Gasteiger partial charge in [0.2, 0.25) is 0 Å². The van der Waals surface area contributed by atoms with Crippen molar-refractivity contribution in [1.82, 2.24) is 0 Å². The molecule has 0 amide bonds. The lowest BCUT2D eigenvalue weighted by atomic mass is 9.94. The van der Waals surface area contributed by atoms with E-state index in [1.807, 2.05) is 12.1 Å². The van der Waals surface area contributed by atoms with Gasteiger partial charge in [-0.15, -0.1) is 0 Å². The van der Waals surface area contributed by atoms with Gasteiger partial charge in [0.1, 0.15) is 11.2 Å². The second-order valence-electron chi connectivity index (χ2n) is 18.2. The lowest BCUT2D eigenvalue weighted by Gasteiger charge is -2.31. The van der Waals surface area contributed by atoms with Crippen LogP contribution in [0.3, 0.4) is 0 Å². The van der Waals surface area contributed by atoms with Crippen LogP contribution in [0.5, 0.6) is 0 Å². The summed E-state index contributed by atoms with van der Waals surface area (Å²) in [4.78, 5) is 7.13. The number of fused-ring (bicyclic) bond motifs is 5. The predicted molar refractivity (Wildman–Crippen MR) is 304 cm³/mol. The van der Waals surface area contributed by atoms with Gasteiger partial charge in [-0.2, -0.15) is 0 Å². The van der Waals surface area contributed by atoms with Crippen LogP contribution >= 0.6 is 0 Å². The summed E-state index contributed by atoms with van der Waals surface area (Å²) in [5.74, 6) is 0. The number of hydrogen-bond acceptors (Lipinski definition) is 4. The number of anilines is 9. The van der Waals surface area contributed by atoms with E-state index in [0.717, 1.165) is 95.0 Å². The first-order valence-electron chi connectivity index (χ1n) is 24.5. The summed E-state index contributed by atoms with van der Waals surface area (Å²) in [6.07, 6.45) is 0. The molecule has 0 aliphatic rings. The molecule has 0 radical (unpaired) electrons. The molecule has 0 spiro atoms. The zero-order valence-electron chi connectivity index (χ0n) is 39.4. The molecule has 0 atom stereocenters. The molecule has 1 aromatic heterocycles. The van der Waals surface area contributed by atoms with Crippen LogP contribution in [0.4, 0.5) is 51.2 Å². The van der Waals surface area contributed by atoms with Crippen molar-refractivity contribution in [2.45, 2.75) is 0 Å². The fraction of sp³-hybridized carbons (Fsp3) is 0. The van der Waals surface area contributed by atoms with E-state index >= 15 is 0 Å². The highest BCUT2D eigenvalue weighted by molar-refractivity contribution is 6.09. The molecule has 0 saturated heterocycles. The maximum Gasteiger partial charge on any atom is 0.137 e. The highest BCUT2D eigenvalue weighted by Crippen LogP contribution is 2.48. The highest BCUT2D eigenvalue weighted by atomic mass is 16.3. The van der Waals surface area contributed by atoms with Crippen LogP contribution in [0.15, 0.2) is 290 Å². The third kappa shape index (κ3) is 7.87. The fourth-order valence-electron chi connectivity index (χ4n) is 10.4. The van der Waals surface area contributed by atoms with Crippen LogP contribution in [0, 0.1) is 0 Å². The van der Waals surface area contributed by atoms with Crippen LogP contribution in [0.2, 0.25) is 0 Å². The topological polar surface area (TPSA) is 22.9 Å². The van der Waals surface area contributed by atoms with Crippen molar-refractivity contribution in [3.05, 3.63) is 285 Å². The van der Waals surface area contributed by atoms with Gasteiger partial charge in [0.25, 0.3) is 0 Å². The number of furan rings is 1. The summed E-state index contributed by atoms with van der Waals surface area (Å²) in [5.41, 5.74) is 15.7. The second kappa shape index (κ2) is 18.4. The minimum Gasteiger partial charge on any atom is -0.456 e. The maximum atomic E-state index is 6.48. The van der Waals surface area contributed by atoms with Crippen molar-refractivity contribution in [3.63, 3.8) is 0 Å². The molecule has 12 aromatic carbocycles. The molecule has 340 valence electrons. The minimum atomic E-state index is 0.854. The van der Waals surface area contributed by atoms with E-state index in [2.05, 4.69) is 288 Å². The molecular weight excluding hydrogens is 875 g/mol. The molecule has 0 fully saturated rings. The Morgan fingerprint density at radius 1 is 0.222 bits per heavy atom. The molecular formula is C68H47N3O. The Hall–Kier alpha value is -9.64. The van der Waals surface area contributed by atoms with Crippen molar-refractivity contribution in [2.75, 3.05) is 14.7 Å². The first-order valence-corrected chi connectivity index (χ1v) is 24.5. The Labute approximate surface area is 419 Å². The van der Waals surface area contributed by atoms with Gasteiger partial charge < -0.3 is 19.1 Å². The summed E-state index contributed by atoms with van der Waals surface area (Å²) in [5, 5.41) is 6.85. The first kappa shape index (κ1) is 42.5. The third-order valence-electron chi connectivity index (χ3n) is 13.8. The first-order chi connectivity index (χ1) is 35.7. The molecule has 13 rings (SSSR count). The molecule has 0 N–H and O–H groups in total. The van der Waals surface area contributed by atoms with Crippen molar-refractivity contribution in [3.8, 4) is 22.3 Å². The third-order valence-corrected chi connectivity index (χ3v) is 13.8. The van der Waals surface area contributed by atoms with Gasteiger partial charge in [-0.25, -0.2) is 0 Å². The van der Waals surface area contributed by atoms with Gasteiger partial charge in [-0.3, -0.25) is 0 Å². The normalized spacial score (nSPS) is 11.3. The zero-order valence-corrected chi connectivity index (χ0v) is 39.4. The fourth-order valence-corrected chi connectivity index (χ4v) is 10.4. The quantitative estimate of drug-likeness (QED) is 0.129. The van der Waals surface area contributed by atoms with Gasteiger partial charge in [-0.05, 0) is 142 Å². The monoisotopic (exact) mass is 921 g/mol. The van der Waals surface area contributed by atoms with Crippen LogP contribution in [-0.4, -0.2) is 0 Å². The standard InChI is InChI=1S/C68H47N3O/c1-5-19-48(20-6-1)50-33-36-56(37-34-50)70(57-38-35-49-21-13-14-22-51(49)43-57)60-45-52(44-59(46-60)69(53-23-7-2-8-24-53)54-25-9-3-10-26-54)61-41-42-66(63-30-16-15-29-62(61)63)71(55-27-11-4-12-28-55)58-39-40-65-64-31-17-18-32-67(64)72-68(65)47-58/h1-47H. The molecule has 4 heteroatoms. The number of rotatable bonds is 11. The highest BCUT2D eigenvalue weighted by Gasteiger charge is 2.23. The van der Waals surface area contributed by atoms with E-state index in [1.165, 1.54) is 21.9 Å². The Morgan fingerprint density at radius 3 is 1.38 bits per heavy atom. The van der Waals surface area contributed by atoms with Crippen LogP contribution in [0.25, 0.3) is 65.7 Å². The lowest BCUT2D eigenvalue weighted by molar-refractivity contribution is 0.669. The van der Waals surface area contributed by atoms with Gasteiger partial charge in [0.15, 0.2) is 0 Å². The van der Waals surface area contributed by atoms with Gasteiger partial charge in [-0.1, -0.05) is 176 Å². The Morgan fingerprint density at radius 2 is 0.694 bits per heavy atom. The summed E-state index contributed by atoms with van der Waals surface area (Å²) < 4.78 is 6.48. The smallest absolute Gasteiger partial charge is 0.137 e. The van der Waals surface area contributed by atoms with Gasteiger partial charge >= 0.3 is 0 Å². The molecule has 1 heterocycles. The van der Waals surface area contributed by atoms with E-state index in [1.54, 1.807) is 0 Å². The molecule has 4 nitrogen and oxygen atoms in total. The number of para-hydroxylation sites is 4. The molecule has 0 bridgehead atoms. The largest absolute Gasteiger partial charge is 0.456 e. The van der Waals surface area contributed by atoms with Crippen LogP contribution < -0.4 is 14.7 Å². The van der Waals surface area contributed by atoms with E-state index in [9.17, 15) is 0 Å². The lowest BCUT2D eigenvalue weighted by Crippen LogP contribution is -2.14. The molecule has 0 unspecified atom stereocenters. The Balaban J connectivity index is 1.04. The summed E-state index contributed by atoms with van der Waals surface area (Å²) in [6.45, 7) is 0. The van der Waals surface area contributed by atoms with Gasteiger partial charge in [0.05, 0.1) is 5.69 Å². The maximum absolute atomic E-state index is 6.48. The van der Waals surface area contributed by atoms with Crippen molar-refractivity contribution in [1.29, 1.82) is 0 Å². The van der Waals surface area contributed by atoms with E-state index < -0.39 is 0 Å². The Kier molecular flexibility index (Phi) is 10.8. The zero-order chi connectivity index (χ0) is 47.8. The van der Waals surface area contributed by atoms with E-state index in [4.69, 9.17) is 4.42 Å². The summed E-state index contributed by atoms with van der Waals surface area (Å²) in [6, 6.07) is 102. The van der Waals surface area contributed by atoms with Crippen LogP contribution in [0.1, 0.15) is 0 Å². The average molecular weight is 922 g/mol.